The van der Waals surface area contributed by atoms with E-state index in [-0.39, 0.29) is 12.4 Å². The Bertz CT molecular complexity index is 599. The Morgan fingerprint density at radius 1 is 1.25 bits per heavy atom. The van der Waals surface area contributed by atoms with Crippen molar-refractivity contribution in [3.63, 3.8) is 0 Å². The lowest BCUT2D eigenvalue weighted by Crippen LogP contribution is -2.28. The van der Waals surface area contributed by atoms with Crippen LogP contribution in [0.25, 0.3) is 0 Å². The highest BCUT2D eigenvalue weighted by molar-refractivity contribution is 5.81. The highest BCUT2D eigenvalue weighted by atomic mass is 19.1. The molecular formula is C16H16FNO2. The summed E-state index contributed by atoms with van der Waals surface area (Å²) in [5, 5.41) is 12.5. The Labute approximate surface area is 117 Å². The molecule has 2 N–H and O–H groups in total. The lowest BCUT2D eigenvalue weighted by atomic mass is 10.1. The minimum Gasteiger partial charge on any atom is -0.378 e. The third kappa shape index (κ3) is 3.42. The first-order valence-corrected chi connectivity index (χ1v) is 6.33. The van der Waals surface area contributed by atoms with Gasteiger partial charge in [-0.15, -0.1) is 0 Å². The second-order valence-electron chi connectivity index (χ2n) is 4.61. The molecular weight excluding hydrogens is 257 g/mol. The van der Waals surface area contributed by atoms with Crippen molar-refractivity contribution in [2.75, 3.05) is 0 Å². The molecule has 1 unspecified atom stereocenters. The lowest BCUT2D eigenvalue weighted by molar-refractivity contribution is -0.129. The zero-order valence-corrected chi connectivity index (χ0v) is 11.1. The highest BCUT2D eigenvalue weighted by Gasteiger charge is 2.16. The van der Waals surface area contributed by atoms with Gasteiger partial charge in [0.2, 0.25) is 0 Å². The van der Waals surface area contributed by atoms with Crippen LogP contribution in [0, 0.1) is 12.7 Å². The average Bonchev–Trinajstić information content (AvgIpc) is 2.48. The molecule has 0 saturated heterocycles. The number of aliphatic hydroxyl groups excluding tert-OH is 1. The quantitative estimate of drug-likeness (QED) is 0.899. The summed E-state index contributed by atoms with van der Waals surface area (Å²) in [5.41, 5.74) is 1.74. The topological polar surface area (TPSA) is 49.3 Å². The molecule has 0 aliphatic carbocycles. The van der Waals surface area contributed by atoms with E-state index in [1.54, 1.807) is 43.3 Å². The molecule has 104 valence electrons. The van der Waals surface area contributed by atoms with Crippen molar-refractivity contribution >= 4 is 5.91 Å². The van der Waals surface area contributed by atoms with Crippen LogP contribution in [-0.2, 0) is 11.3 Å². The van der Waals surface area contributed by atoms with Crippen molar-refractivity contribution in [3.8, 4) is 0 Å². The molecule has 0 aromatic heterocycles. The molecule has 3 nitrogen and oxygen atoms in total. The van der Waals surface area contributed by atoms with E-state index in [0.717, 1.165) is 0 Å². The van der Waals surface area contributed by atoms with Gasteiger partial charge in [0.15, 0.2) is 6.10 Å². The van der Waals surface area contributed by atoms with Gasteiger partial charge < -0.3 is 10.4 Å². The number of amides is 1. The predicted octanol–water partition coefficient (Wildman–Crippen LogP) is 2.48. The minimum atomic E-state index is -1.22. The summed E-state index contributed by atoms with van der Waals surface area (Å²) < 4.78 is 13.4. The van der Waals surface area contributed by atoms with Crippen LogP contribution in [0.2, 0.25) is 0 Å². The SMILES string of the molecule is Cc1ccc(CNC(=O)C(O)c2ccccc2)cc1F. The number of aryl methyl sites for hydroxylation is 1. The molecule has 2 rings (SSSR count). The molecule has 0 aliphatic heterocycles. The van der Waals surface area contributed by atoms with E-state index < -0.39 is 12.0 Å². The predicted molar refractivity (Wildman–Crippen MR) is 74.4 cm³/mol. The fourth-order valence-corrected chi connectivity index (χ4v) is 1.82. The summed E-state index contributed by atoms with van der Waals surface area (Å²) >= 11 is 0. The van der Waals surface area contributed by atoms with Gasteiger partial charge in [-0.05, 0) is 29.7 Å². The van der Waals surface area contributed by atoms with Crippen LogP contribution in [0.1, 0.15) is 22.8 Å². The molecule has 2 aromatic rings. The number of aliphatic hydroxyl groups is 1. The molecule has 0 radical (unpaired) electrons. The van der Waals surface area contributed by atoms with Crippen molar-refractivity contribution in [3.05, 3.63) is 71.0 Å². The van der Waals surface area contributed by atoms with E-state index >= 15 is 0 Å². The number of hydrogen-bond acceptors (Lipinski definition) is 2. The Morgan fingerprint density at radius 2 is 1.95 bits per heavy atom. The van der Waals surface area contributed by atoms with Gasteiger partial charge in [0.25, 0.3) is 5.91 Å². The van der Waals surface area contributed by atoms with Gasteiger partial charge in [-0.2, -0.15) is 0 Å². The lowest BCUT2D eigenvalue weighted by Gasteiger charge is -2.12. The smallest absolute Gasteiger partial charge is 0.253 e. The molecule has 0 spiro atoms. The molecule has 0 heterocycles. The first-order chi connectivity index (χ1) is 9.58. The van der Waals surface area contributed by atoms with Gasteiger partial charge in [0.1, 0.15) is 5.82 Å². The largest absolute Gasteiger partial charge is 0.378 e. The van der Waals surface area contributed by atoms with Crippen LogP contribution >= 0.6 is 0 Å². The number of halogens is 1. The van der Waals surface area contributed by atoms with E-state index in [0.29, 0.717) is 16.7 Å². The van der Waals surface area contributed by atoms with Crippen LogP contribution in [0.5, 0.6) is 0 Å². The van der Waals surface area contributed by atoms with Crippen molar-refractivity contribution in [2.45, 2.75) is 19.6 Å². The number of nitrogens with one attached hydrogen (secondary N) is 1. The Morgan fingerprint density at radius 3 is 2.60 bits per heavy atom. The zero-order chi connectivity index (χ0) is 14.5. The average molecular weight is 273 g/mol. The monoisotopic (exact) mass is 273 g/mol. The number of carbonyl (C=O) groups excluding carboxylic acids is 1. The van der Waals surface area contributed by atoms with Gasteiger partial charge in [0, 0.05) is 6.54 Å². The second-order valence-corrected chi connectivity index (χ2v) is 4.61. The van der Waals surface area contributed by atoms with E-state index in [1.165, 1.54) is 6.07 Å². The Kier molecular flexibility index (Phi) is 4.48. The molecule has 2 aromatic carbocycles. The van der Waals surface area contributed by atoms with Gasteiger partial charge >= 0.3 is 0 Å². The first-order valence-electron chi connectivity index (χ1n) is 6.33. The summed E-state index contributed by atoms with van der Waals surface area (Å²) in [7, 11) is 0. The minimum absolute atomic E-state index is 0.180. The maximum atomic E-state index is 13.4. The Balaban J connectivity index is 1.96. The maximum Gasteiger partial charge on any atom is 0.253 e. The van der Waals surface area contributed by atoms with E-state index in [4.69, 9.17) is 0 Å². The van der Waals surface area contributed by atoms with Crippen LogP contribution in [0.4, 0.5) is 4.39 Å². The summed E-state index contributed by atoms with van der Waals surface area (Å²) in [6.45, 7) is 1.86. The molecule has 0 bridgehead atoms. The van der Waals surface area contributed by atoms with Crippen LogP contribution in [-0.4, -0.2) is 11.0 Å². The summed E-state index contributed by atoms with van der Waals surface area (Å²) in [4.78, 5) is 11.8. The second kappa shape index (κ2) is 6.30. The molecule has 1 amide bonds. The summed E-state index contributed by atoms with van der Waals surface area (Å²) in [6, 6.07) is 13.4. The van der Waals surface area contributed by atoms with Crippen molar-refractivity contribution in [1.29, 1.82) is 0 Å². The van der Waals surface area contributed by atoms with Gasteiger partial charge in [-0.1, -0.05) is 42.5 Å². The number of rotatable bonds is 4. The number of hydrogen-bond donors (Lipinski definition) is 2. The zero-order valence-electron chi connectivity index (χ0n) is 11.1. The Hall–Kier alpha value is -2.20. The van der Waals surface area contributed by atoms with Crippen LogP contribution in [0.15, 0.2) is 48.5 Å². The normalized spacial score (nSPS) is 11.9. The molecule has 0 aliphatic rings. The van der Waals surface area contributed by atoms with E-state index in [9.17, 15) is 14.3 Å². The maximum absolute atomic E-state index is 13.4. The summed E-state index contributed by atoms with van der Waals surface area (Å²) in [6.07, 6.45) is -1.22. The molecule has 20 heavy (non-hydrogen) atoms. The first kappa shape index (κ1) is 14.2. The van der Waals surface area contributed by atoms with Crippen LogP contribution in [0.3, 0.4) is 0 Å². The fraction of sp³-hybridized carbons (Fsp3) is 0.188. The third-order valence-electron chi connectivity index (χ3n) is 3.07. The van der Waals surface area contributed by atoms with E-state index in [2.05, 4.69) is 5.32 Å². The van der Waals surface area contributed by atoms with Gasteiger partial charge in [0.05, 0.1) is 0 Å². The number of carbonyl (C=O) groups is 1. The summed E-state index contributed by atoms with van der Waals surface area (Å²) in [5.74, 6) is -0.808. The van der Waals surface area contributed by atoms with Crippen molar-refractivity contribution in [2.24, 2.45) is 0 Å². The number of benzene rings is 2. The standard InChI is InChI=1S/C16H16FNO2/c1-11-7-8-12(9-14(11)17)10-18-16(20)15(19)13-5-3-2-4-6-13/h2-9,15,19H,10H2,1H3,(H,18,20). The third-order valence-corrected chi connectivity index (χ3v) is 3.07. The van der Waals surface area contributed by atoms with Gasteiger partial charge in [-0.25, -0.2) is 4.39 Å². The fourth-order valence-electron chi connectivity index (χ4n) is 1.82. The van der Waals surface area contributed by atoms with Crippen LogP contribution < -0.4 is 5.32 Å². The van der Waals surface area contributed by atoms with Crippen molar-refractivity contribution < 1.29 is 14.3 Å². The van der Waals surface area contributed by atoms with E-state index in [1.807, 2.05) is 6.07 Å². The molecule has 1 atom stereocenters. The highest BCUT2D eigenvalue weighted by Crippen LogP contribution is 2.13. The molecule has 0 fully saturated rings. The van der Waals surface area contributed by atoms with Gasteiger partial charge in [-0.3, -0.25) is 4.79 Å². The molecule has 4 heteroatoms. The molecule has 0 saturated carbocycles. The van der Waals surface area contributed by atoms with Crippen molar-refractivity contribution in [1.82, 2.24) is 5.32 Å².